The molecule has 2 aliphatic rings. The highest BCUT2D eigenvalue weighted by atomic mass is 79.9. The van der Waals surface area contributed by atoms with E-state index in [1.807, 2.05) is 12.4 Å². The summed E-state index contributed by atoms with van der Waals surface area (Å²) >= 11 is 3.37. The van der Waals surface area contributed by atoms with Crippen LogP contribution >= 0.6 is 15.9 Å². The number of nitrogens with zero attached hydrogens (tertiary/aromatic N) is 3. The van der Waals surface area contributed by atoms with Crippen molar-refractivity contribution in [1.82, 2.24) is 15.3 Å². The molecule has 2 fully saturated rings. The van der Waals surface area contributed by atoms with Gasteiger partial charge in [-0.25, -0.2) is 9.97 Å². The quantitative estimate of drug-likeness (QED) is 0.925. The monoisotopic (exact) mass is 310 g/mol. The summed E-state index contributed by atoms with van der Waals surface area (Å²) in [7, 11) is 0. The third-order valence-electron chi connectivity index (χ3n) is 3.78. The van der Waals surface area contributed by atoms with E-state index in [1.165, 1.54) is 32.2 Å². The molecule has 5 heteroatoms. The van der Waals surface area contributed by atoms with Crippen LogP contribution in [0.15, 0.2) is 16.9 Å². The Morgan fingerprint density at radius 3 is 2.44 bits per heavy atom. The van der Waals surface area contributed by atoms with E-state index in [0.29, 0.717) is 0 Å². The fraction of sp³-hybridized carbons (Fsp3) is 0.692. The molecule has 0 unspecified atom stereocenters. The van der Waals surface area contributed by atoms with Crippen LogP contribution in [0, 0.1) is 5.92 Å². The zero-order valence-corrected chi connectivity index (χ0v) is 12.1. The van der Waals surface area contributed by atoms with Crippen molar-refractivity contribution in [2.75, 3.05) is 24.5 Å². The van der Waals surface area contributed by atoms with E-state index >= 15 is 0 Å². The first kappa shape index (κ1) is 12.4. The first-order valence-corrected chi connectivity index (χ1v) is 7.56. The molecule has 0 atom stereocenters. The van der Waals surface area contributed by atoms with Crippen molar-refractivity contribution in [2.45, 2.75) is 31.7 Å². The van der Waals surface area contributed by atoms with Crippen LogP contribution in [-0.2, 0) is 0 Å². The van der Waals surface area contributed by atoms with Crippen molar-refractivity contribution in [2.24, 2.45) is 5.92 Å². The molecule has 0 radical (unpaired) electrons. The summed E-state index contributed by atoms with van der Waals surface area (Å²) < 4.78 is 0.940. The zero-order chi connectivity index (χ0) is 12.4. The summed E-state index contributed by atoms with van der Waals surface area (Å²) in [5.74, 6) is 1.70. The van der Waals surface area contributed by atoms with Gasteiger partial charge in [-0.3, -0.25) is 0 Å². The topological polar surface area (TPSA) is 41.1 Å². The lowest BCUT2D eigenvalue weighted by molar-refractivity contribution is 0.379. The van der Waals surface area contributed by atoms with Gasteiger partial charge in [0.15, 0.2) is 0 Å². The largest absolute Gasteiger partial charge is 0.341 e. The first-order valence-electron chi connectivity index (χ1n) is 6.77. The molecule has 0 spiro atoms. The minimum absolute atomic E-state index is 0.831. The van der Waals surface area contributed by atoms with E-state index in [-0.39, 0.29) is 0 Å². The number of halogens is 1. The fourth-order valence-electron chi connectivity index (χ4n) is 2.43. The average molecular weight is 311 g/mol. The third-order valence-corrected chi connectivity index (χ3v) is 4.19. The second-order valence-electron chi connectivity index (χ2n) is 5.31. The van der Waals surface area contributed by atoms with Crippen molar-refractivity contribution in [3.63, 3.8) is 0 Å². The number of rotatable bonds is 4. The number of anilines is 1. The van der Waals surface area contributed by atoms with Gasteiger partial charge in [0.1, 0.15) is 0 Å². The summed E-state index contributed by atoms with van der Waals surface area (Å²) in [6, 6.07) is 0.831. The number of hydrogen-bond donors (Lipinski definition) is 1. The van der Waals surface area contributed by atoms with Crippen molar-refractivity contribution >= 4 is 21.9 Å². The Kier molecular flexibility index (Phi) is 3.80. The fourth-order valence-corrected chi connectivity index (χ4v) is 2.63. The lowest BCUT2D eigenvalue weighted by atomic mass is 9.97. The minimum atomic E-state index is 0.831. The Hall–Kier alpha value is -0.680. The molecule has 3 rings (SSSR count). The SMILES string of the molecule is Brc1cnc(N2CCC(CNC3CC3)CC2)nc1. The van der Waals surface area contributed by atoms with Crippen molar-refractivity contribution in [3.05, 3.63) is 16.9 Å². The van der Waals surface area contributed by atoms with Crippen molar-refractivity contribution < 1.29 is 0 Å². The van der Waals surface area contributed by atoms with Gasteiger partial charge in [-0.1, -0.05) is 0 Å². The molecular weight excluding hydrogens is 292 g/mol. The van der Waals surface area contributed by atoms with E-state index < -0.39 is 0 Å². The zero-order valence-electron chi connectivity index (χ0n) is 10.5. The number of hydrogen-bond acceptors (Lipinski definition) is 4. The maximum atomic E-state index is 4.36. The molecule has 98 valence electrons. The summed E-state index contributed by atoms with van der Waals surface area (Å²) in [4.78, 5) is 11.0. The normalized spacial score (nSPS) is 21.3. The van der Waals surface area contributed by atoms with Crippen LogP contribution in [0.4, 0.5) is 5.95 Å². The van der Waals surface area contributed by atoms with Crippen LogP contribution in [0.5, 0.6) is 0 Å². The maximum absolute atomic E-state index is 4.36. The van der Waals surface area contributed by atoms with Gasteiger partial charge < -0.3 is 10.2 Å². The Labute approximate surface area is 116 Å². The van der Waals surface area contributed by atoms with Crippen LogP contribution in [0.2, 0.25) is 0 Å². The van der Waals surface area contributed by atoms with E-state index in [2.05, 4.69) is 36.1 Å². The Balaban J connectivity index is 1.48. The molecule has 0 amide bonds. The summed E-state index contributed by atoms with van der Waals surface area (Å²) in [6.07, 6.45) is 8.90. The van der Waals surface area contributed by atoms with Crippen LogP contribution in [0.1, 0.15) is 25.7 Å². The molecule has 1 aliphatic heterocycles. The van der Waals surface area contributed by atoms with Crippen molar-refractivity contribution in [3.8, 4) is 0 Å². The number of aromatic nitrogens is 2. The maximum Gasteiger partial charge on any atom is 0.225 e. The van der Waals surface area contributed by atoms with Crippen molar-refractivity contribution in [1.29, 1.82) is 0 Å². The molecule has 1 aliphatic carbocycles. The highest BCUT2D eigenvalue weighted by Gasteiger charge is 2.24. The molecule has 4 nitrogen and oxygen atoms in total. The van der Waals surface area contributed by atoms with Gasteiger partial charge in [0, 0.05) is 31.5 Å². The Morgan fingerprint density at radius 2 is 1.83 bits per heavy atom. The van der Waals surface area contributed by atoms with E-state index in [9.17, 15) is 0 Å². The standard InChI is InChI=1S/C13H19BrN4/c14-11-8-16-13(17-9-11)18-5-3-10(4-6-18)7-15-12-1-2-12/h8-10,12,15H,1-7H2. The van der Waals surface area contributed by atoms with Gasteiger partial charge in [0.05, 0.1) is 4.47 Å². The predicted molar refractivity (Wildman–Crippen MR) is 75.7 cm³/mol. The molecule has 1 saturated carbocycles. The smallest absolute Gasteiger partial charge is 0.225 e. The molecular formula is C13H19BrN4. The Bertz CT molecular complexity index is 382. The van der Waals surface area contributed by atoms with E-state index in [1.54, 1.807) is 0 Å². The molecule has 0 aromatic carbocycles. The highest BCUT2D eigenvalue weighted by molar-refractivity contribution is 9.10. The number of piperidine rings is 1. The lowest BCUT2D eigenvalue weighted by Crippen LogP contribution is -2.38. The second kappa shape index (κ2) is 5.53. The molecule has 18 heavy (non-hydrogen) atoms. The summed E-state index contributed by atoms with van der Waals surface area (Å²) in [5.41, 5.74) is 0. The van der Waals surface area contributed by atoms with Gasteiger partial charge in [0.2, 0.25) is 5.95 Å². The minimum Gasteiger partial charge on any atom is -0.341 e. The van der Waals surface area contributed by atoms with Gasteiger partial charge in [-0.05, 0) is 54.1 Å². The van der Waals surface area contributed by atoms with Gasteiger partial charge >= 0.3 is 0 Å². The molecule has 2 heterocycles. The summed E-state index contributed by atoms with van der Waals surface area (Å²) in [5, 5.41) is 3.63. The second-order valence-corrected chi connectivity index (χ2v) is 6.23. The first-order chi connectivity index (χ1) is 8.81. The van der Waals surface area contributed by atoms with Gasteiger partial charge in [0.25, 0.3) is 0 Å². The van der Waals surface area contributed by atoms with E-state index in [0.717, 1.165) is 35.5 Å². The average Bonchev–Trinajstić information content (AvgIpc) is 3.22. The number of nitrogens with one attached hydrogen (secondary N) is 1. The molecule has 1 N–H and O–H groups in total. The van der Waals surface area contributed by atoms with Gasteiger partial charge in [-0.2, -0.15) is 0 Å². The Morgan fingerprint density at radius 1 is 1.17 bits per heavy atom. The van der Waals surface area contributed by atoms with Crippen LogP contribution < -0.4 is 10.2 Å². The lowest BCUT2D eigenvalue weighted by Gasteiger charge is -2.32. The van der Waals surface area contributed by atoms with Crippen LogP contribution in [0.25, 0.3) is 0 Å². The highest BCUT2D eigenvalue weighted by Crippen LogP contribution is 2.23. The molecule has 0 bridgehead atoms. The summed E-state index contributed by atoms with van der Waals surface area (Å²) in [6.45, 7) is 3.36. The van der Waals surface area contributed by atoms with Crippen LogP contribution in [0.3, 0.4) is 0 Å². The van der Waals surface area contributed by atoms with E-state index in [4.69, 9.17) is 0 Å². The van der Waals surface area contributed by atoms with Crippen LogP contribution in [-0.4, -0.2) is 35.6 Å². The van der Waals surface area contributed by atoms with Gasteiger partial charge in [-0.15, -0.1) is 0 Å². The predicted octanol–water partition coefficient (Wildman–Crippen LogP) is 2.21. The molecule has 1 aromatic heterocycles. The molecule has 1 aromatic rings. The molecule has 1 saturated heterocycles. The third kappa shape index (κ3) is 3.20.